The smallest absolute Gasteiger partial charge is 0.301 e. The van der Waals surface area contributed by atoms with Crippen molar-refractivity contribution < 1.29 is 27.4 Å². The molecule has 0 radical (unpaired) electrons. The van der Waals surface area contributed by atoms with Gasteiger partial charge < -0.3 is 24.0 Å². The van der Waals surface area contributed by atoms with E-state index in [2.05, 4.69) is 19.6 Å². The lowest BCUT2D eigenvalue weighted by atomic mass is 9.64. The third-order valence-corrected chi connectivity index (χ3v) is 9.97. The third-order valence-electron chi connectivity index (χ3n) is 8.45. The van der Waals surface area contributed by atoms with Crippen molar-refractivity contribution in [1.29, 1.82) is 0 Å². The molecule has 0 unspecified atom stereocenters. The summed E-state index contributed by atoms with van der Waals surface area (Å²) in [6, 6.07) is 7.65. The number of hydrogen-bond acceptors (Lipinski definition) is 9. The number of carbonyl (C=O) groups is 1. The van der Waals surface area contributed by atoms with Gasteiger partial charge in [0.25, 0.3) is 0 Å². The van der Waals surface area contributed by atoms with Gasteiger partial charge >= 0.3 is 10.2 Å². The Hall–Kier alpha value is -3.36. The SMILES string of the molecule is COCCN(CCOC)S(=O)(=O)Nc1cc(-c2ccc3ncc4c(c3c2)C2(CCC2)C(=O)N4C)cnc1OCCCN(C)C. The van der Waals surface area contributed by atoms with Gasteiger partial charge in [0, 0.05) is 63.6 Å². The number of ether oxygens (including phenoxy) is 3. The summed E-state index contributed by atoms with van der Waals surface area (Å²) in [5.41, 5.74) is 3.94. The van der Waals surface area contributed by atoms with Gasteiger partial charge in [0.1, 0.15) is 5.69 Å². The van der Waals surface area contributed by atoms with Crippen LogP contribution in [-0.2, 0) is 29.9 Å². The van der Waals surface area contributed by atoms with Crippen molar-refractivity contribution in [1.82, 2.24) is 19.2 Å². The summed E-state index contributed by atoms with van der Waals surface area (Å²) in [6.45, 7) is 1.94. The maximum atomic E-state index is 13.6. The van der Waals surface area contributed by atoms with Gasteiger partial charge in [0.05, 0.1) is 42.6 Å². The van der Waals surface area contributed by atoms with E-state index in [1.807, 2.05) is 39.3 Å². The molecule has 1 fully saturated rings. The van der Waals surface area contributed by atoms with Crippen LogP contribution in [0.3, 0.4) is 0 Å². The molecular weight excluding hydrogens is 584 g/mol. The third kappa shape index (κ3) is 6.24. The first-order chi connectivity index (χ1) is 21.1. The summed E-state index contributed by atoms with van der Waals surface area (Å²) in [5, 5.41) is 0.925. The first-order valence-corrected chi connectivity index (χ1v) is 16.3. The maximum absolute atomic E-state index is 13.6. The number of amides is 1. The second kappa shape index (κ2) is 13.3. The number of aromatic nitrogens is 2. The molecule has 2 aromatic heterocycles. The average Bonchev–Trinajstić information content (AvgIpc) is 3.22. The van der Waals surface area contributed by atoms with E-state index in [0.717, 1.165) is 59.9 Å². The summed E-state index contributed by atoms with van der Waals surface area (Å²) in [6.07, 6.45) is 6.87. The molecule has 1 N–H and O–H groups in total. The average molecular weight is 627 g/mol. The van der Waals surface area contributed by atoms with Crippen molar-refractivity contribution in [3.8, 4) is 17.0 Å². The summed E-state index contributed by atoms with van der Waals surface area (Å²) < 4.78 is 47.4. The number of anilines is 2. The van der Waals surface area contributed by atoms with Crippen molar-refractivity contribution >= 4 is 38.4 Å². The van der Waals surface area contributed by atoms with E-state index in [1.165, 1.54) is 18.5 Å². The molecule has 13 heteroatoms. The second-order valence-corrected chi connectivity index (χ2v) is 13.3. The van der Waals surface area contributed by atoms with E-state index in [-0.39, 0.29) is 43.8 Å². The van der Waals surface area contributed by atoms with Crippen LogP contribution in [0.15, 0.2) is 36.7 Å². The Bertz CT molecular complexity index is 1600. The van der Waals surface area contributed by atoms with Crippen LogP contribution in [0.4, 0.5) is 11.4 Å². The summed E-state index contributed by atoms with van der Waals surface area (Å²) in [7, 11) is 4.82. The highest BCUT2D eigenvalue weighted by Gasteiger charge is 2.54. The van der Waals surface area contributed by atoms with Crippen LogP contribution < -0.4 is 14.4 Å². The van der Waals surface area contributed by atoms with Crippen LogP contribution in [-0.4, -0.2) is 108 Å². The van der Waals surface area contributed by atoms with Gasteiger partial charge in [-0.1, -0.05) is 12.5 Å². The molecule has 1 aromatic carbocycles. The van der Waals surface area contributed by atoms with Crippen molar-refractivity contribution in [2.24, 2.45) is 0 Å². The zero-order valence-corrected chi connectivity index (χ0v) is 26.9. The number of fused-ring (bicyclic) bond motifs is 4. The highest BCUT2D eigenvalue weighted by Crippen LogP contribution is 2.55. The second-order valence-electron chi connectivity index (χ2n) is 11.6. The minimum absolute atomic E-state index is 0.124. The number of hydrogen-bond donors (Lipinski definition) is 1. The molecule has 5 rings (SSSR count). The van der Waals surface area contributed by atoms with Gasteiger partial charge in [-0.3, -0.25) is 14.5 Å². The molecule has 1 amide bonds. The normalized spacial score (nSPS) is 15.8. The Morgan fingerprint density at radius 1 is 0.977 bits per heavy atom. The zero-order chi connectivity index (χ0) is 31.5. The number of methoxy groups -OCH3 is 2. The molecule has 3 aromatic rings. The van der Waals surface area contributed by atoms with Crippen LogP contribution in [0, 0.1) is 0 Å². The fourth-order valence-corrected chi connectivity index (χ4v) is 7.12. The van der Waals surface area contributed by atoms with Gasteiger partial charge in [0.15, 0.2) is 0 Å². The molecule has 44 heavy (non-hydrogen) atoms. The van der Waals surface area contributed by atoms with Gasteiger partial charge in [-0.05, 0) is 57.1 Å². The number of carbonyl (C=O) groups excluding carboxylic acids is 1. The van der Waals surface area contributed by atoms with Gasteiger partial charge in [-0.15, -0.1) is 0 Å². The molecule has 12 nitrogen and oxygen atoms in total. The molecule has 1 saturated carbocycles. The lowest BCUT2D eigenvalue weighted by Gasteiger charge is -2.37. The van der Waals surface area contributed by atoms with Crippen molar-refractivity contribution in [3.05, 3.63) is 42.2 Å². The Labute approximate surface area is 259 Å². The van der Waals surface area contributed by atoms with Crippen LogP contribution in [0.1, 0.15) is 31.2 Å². The van der Waals surface area contributed by atoms with Crippen molar-refractivity contribution in [3.63, 3.8) is 0 Å². The molecule has 1 spiro atoms. The summed E-state index contributed by atoms with van der Waals surface area (Å²) in [4.78, 5) is 26.3. The lowest BCUT2D eigenvalue weighted by molar-refractivity contribution is -0.125. The number of benzene rings is 1. The van der Waals surface area contributed by atoms with E-state index >= 15 is 0 Å². The van der Waals surface area contributed by atoms with E-state index in [1.54, 1.807) is 23.4 Å². The Kier molecular flexibility index (Phi) is 9.71. The molecule has 2 aliphatic rings. The molecule has 238 valence electrons. The Balaban J connectivity index is 1.53. The first kappa shape index (κ1) is 32.0. The molecular formula is C31H42N6O6S. The Morgan fingerprint density at radius 2 is 1.70 bits per heavy atom. The van der Waals surface area contributed by atoms with Crippen molar-refractivity contribution in [2.45, 2.75) is 31.1 Å². The van der Waals surface area contributed by atoms with Gasteiger partial charge in [-0.25, -0.2) is 4.98 Å². The highest BCUT2D eigenvalue weighted by atomic mass is 32.2. The largest absolute Gasteiger partial charge is 0.476 e. The monoisotopic (exact) mass is 626 g/mol. The Morgan fingerprint density at radius 3 is 2.34 bits per heavy atom. The number of pyridine rings is 2. The number of nitrogens with zero attached hydrogens (tertiary/aromatic N) is 5. The minimum atomic E-state index is -4.01. The quantitative estimate of drug-likeness (QED) is 0.253. The predicted molar refractivity (Wildman–Crippen MR) is 170 cm³/mol. The number of rotatable bonds is 15. The summed E-state index contributed by atoms with van der Waals surface area (Å²) >= 11 is 0. The molecule has 0 atom stereocenters. The standard InChI is InChI=1S/C31H42N6O6S/c1-35(2)12-7-15-43-29-26(34-44(39,40)37(13-16-41-4)14-17-42-5)19-23(20-33-29)22-8-9-25-24(18-22)28-27(21-32-25)36(3)30(38)31(28)10-6-11-31/h8-9,18-21,34H,6-7,10-17H2,1-5H3. The number of nitrogens with one attached hydrogen (secondary N) is 1. The van der Waals surface area contributed by atoms with Gasteiger partial charge in [0.2, 0.25) is 11.8 Å². The molecule has 3 heterocycles. The van der Waals surface area contributed by atoms with Crippen LogP contribution in [0.2, 0.25) is 0 Å². The topological polar surface area (TPSA) is 126 Å². The molecule has 1 aliphatic heterocycles. The highest BCUT2D eigenvalue weighted by molar-refractivity contribution is 7.90. The zero-order valence-electron chi connectivity index (χ0n) is 26.1. The predicted octanol–water partition coefficient (Wildman–Crippen LogP) is 3.28. The minimum Gasteiger partial charge on any atom is -0.476 e. The van der Waals surface area contributed by atoms with E-state index in [9.17, 15) is 13.2 Å². The maximum Gasteiger partial charge on any atom is 0.301 e. The molecule has 0 bridgehead atoms. The van der Waals surface area contributed by atoms with Crippen LogP contribution in [0.25, 0.3) is 22.0 Å². The fraction of sp³-hybridized carbons (Fsp3) is 0.516. The molecule has 0 saturated heterocycles. The lowest BCUT2D eigenvalue weighted by Crippen LogP contribution is -2.43. The van der Waals surface area contributed by atoms with E-state index < -0.39 is 15.6 Å². The van der Waals surface area contributed by atoms with Crippen LogP contribution >= 0.6 is 0 Å². The van der Waals surface area contributed by atoms with Crippen molar-refractivity contribution in [2.75, 3.05) is 84.4 Å². The van der Waals surface area contributed by atoms with E-state index in [4.69, 9.17) is 14.2 Å². The van der Waals surface area contributed by atoms with E-state index in [0.29, 0.717) is 12.2 Å². The molecule has 1 aliphatic carbocycles. The van der Waals surface area contributed by atoms with Gasteiger partial charge in [-0.2, -0.15) is 12.7 Å². The van der Waals surface area contributed by atoms with Crippen LogP contribution in [0.5, 0.6) is 5.88 Å². The fourth-order valence-electron chi connectivity index (χ4n) is 5.94. The first-order valence-electron chi connectivity index (χ1n) is 14.9. The summed E-state index contributed by atoms with van der Waals surface area (Å²) in [5.74, 6) is 0.317. The number of likely N-dealkylation sites (N-methyl/N-ethyl adjacent to an activating group) is 1.